The molecule has 1 aromatic heterocycles. The van der Waals surface area contributed by atoms with Gasteiger partial charge in [0.05, 0.1) is 12.1 Å². The topological polar surface area (TPSA) is 68.0 Å². The first-order chi connectivity index (χ1) is 11.4. The molecule has 5 heteroatoms. The molecule has 0 aliphatic carbocycles. The average molecular weight is 321 g/mol. The Morgan fingerprint density at radius 1 is 0.917 bits per heavy atom. The number of aromatic nitrogens is 3. The van der Waals surface area contributed by atoms with E-state index in [0.717, 1.165) is 11.1 Å². The molecule has 1 N–H and O–H groups in total. The van der Waals surface area contributed by atoms with Crippen molar-refractivity contribution in [3.63, 3.8) is 0 Å². The smallest absolute Gasteiger partial charge is 0.364 e. The van der Waals surface area contributed by atoms with Gasteiger partial charge in [0.15, 0.2) is 0 Å². The van der Waals surface area contributed by atoms with Gasteiger partial charge in [-0.2, -0.15) is 10.1 Å². The van der Waals surface area contributed by atoms with Crippen LogP contribution in [0.2, 0.25) is 0 Å². The molecule has 0 spiro atoms. The lowest BCUT2D eigenvalue weighted by Crippen LogP contribution is -2.36. The van der Waals surface area contributed by atoms with E-state index in [4.69, 9.17) is 0 Å². The number of aliphatic hydroxyl groups is 1. The molecule has 0 amide bonds. The van der Waals surface area contributed by atoms with Gasteiger partial charge in [-0.1, -0.05) is 60.7 Å². The van der Waals surface area contributed by atoms with E-state index in [9.17, 15) is 9.90 Å². The Labute approximate surface area is 140 Å². The molecule has 24 heavy (non-hydrogen) atoms. The number of hydrogen-bond donors (Lipinski definition) is 1. The minimum absolute atomic E-state index is 0.0771. The first-order valence-corrected chi connectivity index (χ1v) is 7.76. The van der Waals surface area contributed by atoms with Gasteiger partial charge in [0.1, 0.15) is 11.4 Å². The van der Waals surface area contributed by atoms with Crippen LogP contribution in [0.15, 0.2) is 65.5 Å². The first kappa shape index (κ1) is 16.1. The lowest BCUT2D eigenvalue weighted by Gasteiger charge is -2.18. The summed E-state index contributed by atoms with van der Waals surface area (Å²) in [6.07, 6.45) is 0. The summed E-state index contributed by atoms with van der Waals surface area (Å²) in [5, 5.41) is 14.5. The van der Waals surface area contributed by atoms with E-state index < -0.39 is 11.3 Å². The minimum Gasteiger partial charge on any atom is -0.389 e. The fourth-order valence-electron chi connectivity index (χ4n) is 2.47. The zero-order valence-corrected chi connectivity index (χ0v) is 13.7. The van der Waals surface area contributed by atoms with Crippen molar-refractivity contribution in [3.05, 3.63) is 71.1 Å². The molecule has 0 fully saturated rings. The van der Waals surface area contributed by atoms with Crippen molar-refractivity contribution in [3.8, 4) is 22.5 Å². The van der Waals surface area contributed by atoms with Crippen LogP contribution in [0.3, 0.4) is 0 Å². The van der Waals surface area contributed by atoms with Crippen LogP contribution in [-0.2, 0) is 6.54 Å². The molecule has 0 aliphatic heterocycles. The van der Waals surface area contributed by atoms with E-state index in [2.05, 4.69) is 10.1 Å². The molecular weight excluding hydrogens is 302 g/mol. The molecule has 2 aromatic carbocycles. The van der Waals surface area contributed by atoms with Gasteiger partial charge < -0.3 is 5.11 Å². The van der Waals surface area contributed by atoms with Gasteiger partial charge in [-0.25, -0.2) is 9.48 Å². The summed E-state index contributed by atoms with van der Waals surface area (Å²) in [5.41, 5.74) is 1.32. The van der Waals surface area contributed by atoms with E-state index in [1.165, 1.54) is 4.68 Å². The Kier molecular flexibility index (Phi) is 4.27. The van der Waals surface area contributed by atoms with Gasteiger partial charge in [0.2, 0.25) is 0 Å². The fraction of sp³-hybridized carbons (Fsp3) is 0.211. The molecular formula is C19H19N3O2. The predicted molar refractivity (Wildman–Crippen MR) is 93.5 cm³/mol. The van der Waals surface area contributed by atoms with Crippen LogP contribution in [0.25, 0.3) is 22.5 Å². The van der Waals surface area contributed by atoms with Crippen LogP contribution in [0.1, 0.15) is 13.8 Å². The highest BCUT2D eigenvalue weighted by Gasteiger charge is 2.19. The van der Waals surface area contributed by atoms with Crippen LogP contribution in [-0.4, -0.2) is 25.5 Å². The van der Waals surface area contributed by atoms with E-state index in [1.807, 2.05) is 60.7 Å². The molecule has 0 atom stereocenters. The molecule has 3 aromatic rings. The molecule has 0 bridgehead atoms. The minimum atomic E-state index is -1.05. The van der Waals surface area contributed by atoms with Crippen LogP contribution < -0.4 is 5.69 Å². The summed E-state index contributed by atoms with van der Waals surface area (Å²) in [7, 11) is 0. The number of benzene rings is 2. The highest BCUT2D eigenvalue weighted by molar-refractivity contribution is 5.77. The van der Waals surface area contributed by atoms with Gasteiger partial charge in [-0.05, 0) is 13.8 Å². The van der Waals surface area contributed by atoms with Crippen molar-refractivity contribution in [2.75, 3.05) is 0 Å². The van der Waals surface area contributed by atoms with Crippen molar-refractivity contribution in [2.45, 2.75) is 26.0 Å². The van der Waals surface area contributed by atoms with Crippen LogP contribution in [0.4, 0.5) is 0 Å². The summed E-state index contributed by atoms with van der Waals surface area (Å²) in [5.74, 6) is 0. The van der Waals surface area contributed by atoms with Gasteiger partial charge in [-0.15, -0.1) is 0 Å². The quantitative estimate of drug-likeness (QED) is 0.802. The largest absolute Gasteiger partial charge is 0.389 e. The molecule has 0 saturated heterocycles. The Bertz CT molecular complexity index is 882. The fourth-order valence-corrected chi connectivity index (χ4v) is 2.47. The lowest BCUT2D eigenvalue weighted by atomic mass is 10.0. The zero-order chi connectivity index (χ0) is 17.2. The Morgan fingerprint density at radius 3 is 1.92 bits per heavy atom. The number of rotatable bonds is 4. The van der Waals surface area contributed by atoms with Crippen molar-refractivity contribution in [1.82, 2.24) is 14.8 Å². The normalized spacial score (nSPS) is 11.5. The predicted octanol–water partition coefficient (Wildman–Crippen LogP) is 2.74. The van der Waals surface area contributed by atoms with Crippen molar-refractivity contribution >= 4 is 0 Å². The van der Waals surface area contributed by atoms with Gasteiger partial charge in [0, 0.05) is 11.1 Å². The molecule has 0 saturated carbocycles. The number of nitrogens with zero attached hydrogens (tertiary/aromatic N) is 3. The second-order valence-electron chi connectivity index (χ2n) is 6.29. The third-order valence-electron chi connectivity index (χ3n) is 3.50. The van der Waals surface area contributed by atoms with Crippen LogP contribution >= 0.6 is 0 Å². The SMILES string of the molecule is CC(C)(O)Cn1nc(-c2ccccc2)c(-c2ccccc2)nc1=O. The van der Waals surface area contributed by atoms with Gasteiger partial charge >= 0.3 is 5.69 Å². The highest BCUT2D eigenvalue weighted by Crippen LogP contribution is 2.27. The van der Waals surface area contributed by atoms with E-state index in [0.29, 0.717) is 11.4 Å². The number of hydrogen-bond acceptors (Lipinski definition) is 4. The zero-order valence-electron chi connectivity index (χ0n) is 13.7. The second-order valence-corrected chi connectivity index (χ2v) is 6.29. The summed E-state index contributed by atoms with van der Waals surface area (Å²) in [4.78, 5) is 16.6. The maximum Gasteiger partial charge on any atom is 0.364 e. The Balaban J connectivity index is 2.22. The molecule has 0 radical (unpaired) electrons. The van der Waals surface area contributed by atoms with Crippen molar-refractivity contribution in [1.29, 1.82) is 0 Å². The molecule has 122 valence electrons. The van der Waals surface area contributed by atoms with Gasteiger partial charge in [0.25, 0.3) is 0 Å². The van der Waals surface area contributed by atoms with Crippen LogP contribution in [0, 0.1) is 0 Å². The monoisotopic (exact) mass is 321 g/mol. The maximum atomic E-state index is 12.4. The summed E-state index contributed by atoms with van der Waals surface area (Å²) in [6, 6.07) is 19.1. The van der Waals surface area contributed by atoms with Gasteiger partial charge in [-0.3, -0.25) is 0 Å². The summed E-state index contributed by atoms with van der Waals surface area (Å²) < 4.78 is 1.22. The maximum absolute atomic E-state index is 12.4. The Hall–Kier alpha value is -2.79. The highest BCUT2D eigenvalue weighted by atomic mass is 16.3. The third-order valence-corrected chi connectivity index (χ3v) is 3.50. The summed E-state index contributed by atoms with van der Waals surface area (Å²) >= 11 is 0. The Morgan fingerprint density at radius 2 is 1.42 bits per heavy atom. The van der Waals surface area contributed by atoms with Crippen molar-refractivity contribution < 1.29 is 5.11 Å². The molecule has 5 nitrogen and oxygen atoms in total. The van der Waals surface area contributed by atoms with E-state index in [1.54, 1.807) is 13.8 Å². The van der Waals surface area contributed by atoms with E-state index in [-0.39, 0.29) is 6.54 Å². The second kappa shape index (κ2) is 6.37. The third kappa shape index (κ3) is 3.58. The molecule has 1 heterocycles. The van der Waals surface area contributed by atoms with E-state index >= 15 is 0 Å². The molecule has 3 rings (SSSR count). The average Bonchev–Trinajstić information content (AvgIpc) is 2.57. The standard InChI is InChI=1S/C19H19N3O2/c1-19(2,24)13-22-18(23)20-16(14-9-5-3-6-10-14)17(21-22)15-11-7-4-8-12-15/h3-12,24H,13H2,1-2H3. The molecule has 0 aliphatic rings. The lowest BCUT2D eigenvalue weighted by molar-refractivity contribution is 0.0557. The van der Waals surface area contributed by atoms with Crippen molar-refractivity contribution in [2.24, 2.45) is 0 Å². The first-order valence-electron chi connectivity index (χ1n) is 7.76. The molecule has 0 unspecified atom stereocenters. The van der Waals surface area contributed by atoms with Crippen LogP contribution in [0.5, 0.6) is 0 Å². The summed E-state index contributed by atoms with van der Waals surface area (Å²) in [6.45, 7) is 3.34.